The molecule has 0 saturated heterocycles. The molecule has 0 radical (unpaired) electrons. The lowest BCUT2D eigenvalue weighted by Gasteiger charge is -2.11. The number of carbonyl (C=O) groups is 1. The summed E-state index contributed by atoms with van der Waals surface area (Å²) < 4.78 is 16.9. The number of fused-ring (bicyclic) bond motifs is 1. The van der Waals surface area contributed by atoms with Crippen molar-refractivity contribution in [1.82, 2.24) is 9.97 Å². The highest BCUT2D eigenvalue weighted by Gasteiger charge is 2.14. The summed E-state index contributed by atoms with van der Waals surface area (Å²) in [4.78, 5) is 19.6. The van der Waals surface area contributed by atoms with Crippen molar-refractivity contribution in [2.75, 3.05) is 7.11 Å². The molecule has 0 spiro atoms. The van der Waals surface area contributed by atoms with Gasteiger partial charge in [0, 0.05) is 17.0 Å². The van der Waals surface area contributed by atoms with Crippen LogP contribution in [-0.4, -0.2) is 23.0 Å². The standard InChI is InChI=1S/C27H21ClN2O4/c1-32-27(31)18-7-10-22-23(15-18)30-26(29-22)25-12-9-21(34-25)14-19-13-20(28)8-11-24(19)33-16-17-5-3-2-4-6-17/h2-13,15H,14,16H2,1H3,(H,29,30). The minimum absolute atomic E-state index is 0.398. The number of methoxy groups -OCH3 is 1. The quantitative estimate of drug-likeness (QED) is 0.276. The number of hydrogen-bond donors (Lipinski definition) is 1. The average Bonchev–Trinajstić information content (AvgIpc) is 3.50. The first kappa shape index (κ1) is 21.8. The number of carbonyl (C=O) groups excluding carboxylic acids is 1. The Labute approximate surface area is 201 Å². The van der Waals surface area contributed by atoms with Crippen LogP contribution in [0, 0.1) is 0 Å². The number of aromatic amines is 1. The third-order valence-electron chi connectivity index (χ3n) is 5.42. The van der Waals surface area contributed by atoms with E-state index < -0.39 is 5.97 Å². The number of esters is 1. The summed E-state index contributed by atoms with van der Waals surface area (Å²) in [6.07, 6.45) is 0.511. The molecular formula is C27H21ClN2O4. The lowest BCUT2D eigenvalue weighted by molar-refractivity contribution is 0.0601. The van der Waals surface area contributed by atoms with Crippen molar-refractivity contribution in [3.8, 4) is 17.3 Å². The number of furan rings is 1. The number of nitrogens with one attached hydrogen (secondary N) is 1. The highest BCUT2D eigenvalue weighted by atomic mass is 35.5. The van der Waals surface area contributed by atoms with Crippen molar-refractivity contribution in [3.63, 3.8) is 0 Å². The molecule has 7 heteroatoms. The van der Waals surface area contributed by atoms with Crippen LogP contribution in [0.1, 0.15) is 27.2 Å². The minimum atomic E-state index is -0.398. The smallest absolute Gasteiger partial charge is 0.337 e. The molecule has 0 aliphatic rings. The molecule has 170 valence electrons. The van der Waals surface area contributed by atoms with Gasteiger partial charge in [0.25, 0.3) is 0 Å². The zero-order valence-corrected chi connectivity index (χ0v) is 19.1. The first-order chi connectivity index (χ1) is 16.6. The summed E-state index contributed by atoms with van der Waals surface area (Å²) in [6.45, 7) is 0.464. The Hall–Kier alpha value is -4.03. The summed E-state index contributed by atoms with van der Waals surface area (Å²) in [5.74, 6) is 2.28. The predicted molar refractivity (Wildman–Crippen MR) is 130 cm³/mol. The zero-order valence-electron chi connectivity index (χ0n) is 18.4. The van der Waals surface area contributed by atoms with Crippen molar-refractivity contribution in [3.05, 3.63) is 106 Å². The van der Waals surface area contributed by atoms with Crippen molar-refractivity contribution in [2.45, 2.75) is 13.0 Å². The van der Waals surface area contributed by atoms with E-state index in [2.05, 4.69) is 9.97 Å². The zero-order chi connectivity index (χ0) is 23.5. The monoisotopic (exact) mass is 472 g/mol. The molecule has 0 unspecified atom stereocenters. The number of aromatic nitrogens is 2. The number of ether oxygens (including phenoxy) is 2. The third kappa shape index (κ3) is 4.67. The van der Waals surface area contributed by atoms with Gasteiger partial charge in [-0.1, -0.05) is 41.9 Å². The van der Waals surface area contributed by atoms with E-state index in [0.717, 1.165) is 33.7 Å². The number of hydrogen-bond acceptors (Lipinski definition) is 5. The molecule has 5 rings (SSSR count). The van der Waals surface area contributed by atoms with E-state index in [9.17, 15) is 4.79 Å². The SMILES string of the molecule is COC(=O)c1ccc2nc(-c3ccc(Cc4cc(Cl)ccc4OCc4ccccc4)o3)[nH]c2c1. The van der Waals surface area contributed by atoms with Gasteiger partial charge in [0.15, 0.2) is 11.6 Å². The van der Waals surface area contributed by atoms with Crippen LogP contribution in [0.2, 0.25) is 5.02 Å². The van der Waals surface area contributed by atoms with Crippen LogP contribution >= 0.6 is 11.6 Å². The molecule has 3 aromatic carbocycles. The van der Waals surface area contributed by atoms with E-state index in [0.29, 0.717) is 35.2 Å². The molecular weight excluding hydrogens is 452 g/mol. The molecule has 2 heterocycles. The topological polar surface area (TPSA) is 77.3 Å². The Morgan fingerprint density at radius 3 is 2.71 bits per heavy atom. The van der Waals surface area contributed by atoms with Crippen LogP contribution in [0.3, 0.4) is 0 Å². The van der Waals surface area contributed by atoms with Gasteiger partial charge >= 0.3 is 5.97 Å². The van der Waals surface area contributed by atoms with Crippen LogP contribution in [0.5, 0.6) is 5.75 Å². The van der Waals surface area contributed by atoms with Gasteiger partial charge in [-0.15, -0.1) is 0 Å². The molecule has 0 bridgehead atoms. The Morgan fingerprint density at radius 1 is 1.03 bits per heavy atom. The second-order valence-electron chi connectivity index (χ2n) is 7.78. The summed E-state index contributed by atoms with van der Waals surface area (Å²) in [5.41, 5.74) is 3.92. The summed E-state index contributed by atoms with van der Waals surface area (Å²) in [6, 6.07) is 24.5. The highest BCUT2D eigenvalue weighted by molar-refractivity contribution is 6.30. The molecule has 0 aliphatic heterocycles. The van der Waals surface area contributed by atoms with Crippen LogP contribution in [0.15, 0.2) is 83.3 Å². The van der Waals surface area contributed by atoms with Crippen molar-refractivity contribution in [2.24, 2.45) is 0 Å². The second-order valence-corrected chi connectivity index (χ2v) is 8.21. The Kier molecular flexibility index (Phi) is 6.06. The Bertz CT molecular complexity index is 1460. The van der Waals surface area contributed by atoms with Crippen LogP contribution in [-0.2, 0) is 17.8 Å². The number of imidazole rings is 1. The summed E-state index contributed by atoms with van der Waals surface area (Å²) >= 11 is 6.26. The van der Waals surface area contributed by atoms with E-state index in [1.165, 1.54) is 7.11 Å². The Morgan fingerprint density at radius 2 is 1.88 bits per heavy atom. The molecule has 0 amide bonds. The number of halogens is 1. The molecule has 2 aromatic heterocycles. The lowest BCUT2D eigenvalue weighted by Crippen LogP contribution is -2.00. The van der Waals surface area contributed by atoms with Gasteiger partial charge in [0.05, 0.1) is 23.7 Å². The van der Waals surface area contributed by atoms with E-state index >= 15 is 0 Å². The third-order valence-corrected chi connectivity index (χ3v) is 5.66. The second kappa shape index (κ2) is 9.45. The van der Waals surface area contributed by atoms with Gasteiger partial charge in [-0.25, -0.2) is 9.78 Å². The minimum Gasteiger partial charge on any atom is -0.489 e. The van der Waals surface area contributed by atoms with Gasteiger partial charge in [-0.2, -0.15) is 0 Å². The fourth-order valence-electron chi connectivity index (χ4n) is 3.72. The number of H-pyrrole nitrogens is 1. The fourth-order valence-corrected chi connectivity index (χ4v) is 3.92. The van der Waals surface area contributed by atoms with Gasteiger partial charge in [-0.05, 0) is 54.1 Å². The summed E-state index contributed by atoms with van der Waals surface area (Å²) in [5, 5.41) is 0.632. The van der Waals surface area contributed by atoms with Crippen LogP contribution < -0.4 is 4.74 Å². The van der Waals surface area contributed by atoms with Crippen LogP contribution in [0.25, 0.3) is 22.6 Å². The maximum absolute atomic E-state index is 11.8. The van der Waals surface area contributed by atoms with E-state index in [4.69, 9.17) is 25.5 Å². The number of benzene rings is 3. The van der Waals surface area contributed by atoms with E-state index in [1.54, 1.807) is 18.2 Å². The maximum atomic E-state index is 11.8. The first-order valence-electron chi connectivity index (χ1n) is 10.7. The largest absolute Gasteiger partial charge is 0.489 e. The van der Waals surface area contributed by atoms with E-state index in [-0.39, 0.29) is 0 Å². The highest BCUT2D eigenvalue weighted by Crippen LogP contribution is 2.29. The molecule has 34 heavy (non-hydrogen) atoms. The molecule has 0 fully saturated rings. The van der Waals surface area contributed by atoms with Crippen molar-refractivity contribution < 1.29 is 18.7 Å². The normalized spacial score (nSPS) is 11.0. The van der Waals surface area contributed by atoms with Crippen molar-refractivity contribution in [1.29, 1.82) is 0 Å². The Balaban J connectivity index is 1.36. The van der Waals surface area contributed by atoms with E-state index in [1.807, 2.05) is 60.7 Å². The van der Waals surface area contributed by atoms with Gasteiger partial charge in [0.2, 0.25) is 0 Å². The van der Waals surface area contributed by atoms with Gasteiger partial charge in [-0.3, -0.25) is 0 Å². The molecule has 5 aromatic rings. The van der Waals surface area contributed by atoms with Crippen molar-refractivity contribution >= 4 is 28.6 Å². The molecule has 0 atom stereocenters. The fraction of sp³-hybridized carbons (Fsp3) is 0.111. The van der Waals surface area contributed by atoms with Crippen LogP contribution in [0.4, 0.5) is 0 Å². The lowest BCUT2D eigenvalue weighted by atomic mass is 10.1. The van der Waals surface area contributed by atoms with Gasteiger partial charge < -0.3 is 18.9 Å². The molecule has 6 nitrogen and oxygen atoms in total. The molecule has 0 aliphatic carbocycles. The average molecular weight is 473 g/mol. The number of nitrogens with zero attached hydrogens (tertiary/aromatic N) is 1. The first-order valence-corrected chi connectivity index (χ1v) is 11.1. The summed E-state index contributed by atoms with van der Waals surface area (Å²) in [7, 11) is 1.35. The molecule has 1 N–H and O–H groups in total. The predicted octanol–water partition coefficient (Wildman–Crippen LogP) is 6.43. The van der Waals surface area contributed by atoms with Gasteiger partial charge in [0.1, 0.15) is 18.1 Å². The maximum Gasteiger partial charge on any atom is 0.337 e. The number of rotatable bonds is 7. The molecule has 0 saturated carbocycles.